The highest BCUT2D eigenvalue weighted by molar-refractivity contribution is 6.31. The first-order valence-corrected chi connectivity index (χ1v) is 6.34. The van der Waals surface area contributed by atoms with Crippen molar-refractivity contribution in [2.75, 3.05) is 20.7 Å². The van der Waals surface area contributed by atoms with Crippen molar-refractivity contribution in [1.82, 2.24) is 4.90 Å². The maximum absolute atomic E-state index is 11.9. The highest BCUT2D eigenvalue weighted by Crippen LogP contribution is 2.28. The second-order valence-electron chi connectivity index (χ2n) is 4.56. The predicted octanol–water partition coefficient (Wildman–Crippen LogP) is 2.64. The Morgan fingerprint density at radius 1 is 1.35 bits per heavy atom. The molecule has 0 saturated heterocycles. The van der Waals surface area contributed by atoms with Gasteiger partial charge in [-0.25, -0.2) is 4.79 Å². The van der Waals surface area contributed by atoms with Crippen LogP contribution in [0.1, 0.15) is 16.1 Å². The number of amides is 1. The van der Waals surface area contributed by atoms with Crippen LogP contribution in [-0.2, 0) is 9.53 Å². The van der Waals surface area contributed by atoms with E-state index in [0.29, 0.717) is 16.2 Å². The fourth-order valence-corrected chi connectivity index (χ4v) is 1.88. The van der Waals surface area contributed by atoms with Crippen molar-refractivity contribution >= 4 is 34.4 Å². The number of carbonyl (C=O) groups is 2. The van der Waals surface area contributed by atoms with Crippen molar-refractivity contribution in [3.8, 4) is 0 Å². The van der Waals surface area contributed by atoms with E-state index in [-0.39, 0.29) is 18.3 Å². The minimum Gasteiger partial charge on any atom is -0.450 e. The van der Waals surface area contributed by atoms with Gasteiger partial charge in [-0.3, -0.25) is 4.79 Å². The van der Waals surface area contributed by atoms with Crippen LogP contribution in [0.4, 0.5) is 0 Å². The fraction of sp³-hybridized carbons (Fsp3) is 0.286. The van der Waals surface area contributed by atoms with Gasteiger partial charge in [0, 0.05) is 30.1 Å². The Balaban J connectivity index is 2.22. The van der Waals surface area contributed by atoms with Gasteiger partial charge >= 0.3 is 5.97 Å². The molecule has 0 aliphatic heterocycles. The van der Waals surface area contributed by atoms with Gasteiger partial charge in [0.15, 0.2) is 6.61 Å². The summed E-state index contributed by atoms with van der Waals surface area (Å²) in [5.74, 6) is -0.867. The van der Waals surface area contributed by atoms with Crippen molar-refractivity contribution in [2.24, 2.45) is 0 Å². The van der Waals surface area contributed by atoms with Gasteiger partial charge in [-0.15, -0.1) is 0 Å². The molecule has 0 bridgehead atoms. The molecule has 0 saturated carbocycles. The molecule has 106 valence electrons. The average molecular weight is 296 g/mol. The number of hydrogen-bond donors (Lipinski definition) is 0. The molecule has 1 heterocycles. The van der Waals surface area contributed by atoms with Gasteiger partial charge in [0.25, 0.3) is 5.91 Å². The van der Waals surface area contributed by atoms with Gasteiger partial charge in [0.2, 0.25) is 5.76 Å². The summed E-state index contributed by atoms with van der Waals surface area (Å²) in [6.45, 7) is 1.43. The van der Waals surface area contributed by atoms with Gasteiger partial charge < -0.3 is 14.1 Å². The molecule has 6 heteroatoms. The lowest BCUT2D eigenvalue weighted by atomic mass is 10.1. The minimum absolute atomic E-state index is 0.0915. The Morgan fingerprint density at radius 2 is 2.05 bits per heavy atom. The first-order valence-electron chi connectivity index (χ1n) is 5.96. The molecule has 0 unspecified atom stereocenters. The molecule has 0 aliphatic rings. The quantitative estimate of drug-likeness (QED) is 0.817. The van der Waals surface area contributed by atoms with Crippen LogP contribution in [0.3, 0.4) is 0 Å². The van der Waals surface area contributed by atoms with E-state index in [1.807, 2.05) is 0 Å². The Morgan fingerprint density at radius 3 is 2.70 bits per heavy atom. The smallest absolute Gasteiger partial charge is 0.375 e. The molecular formula is C14H14ClNO4. The summed E-state index contributed by atoms with van der Waals surface area (Å²) in [5.41, 5.74) is 1.20. The lowest BCUT2D eigenvalue weighted by Crippen LogP contribution is -2.27. The third-order valence-corrected chi connectivity index (χ3v) is 3.14. The van der Waals surface area contributed by atoms with Crippen molar-refractivity contribution < 1.29 is 18.7 Å². The van der Waals surface area contributed by atoms with Crippen LogP contribution in [0.5, 0.6) is 0 Å². The number of halogens is 1. The summed E-state index contributed by atoms with van der Waals surface area (Å²) in [4.78, 5) is 24.7. The summed E-state index contributed by atoms with van der Waals surface area (Å²) in [6, 6.07) is 5.08. The molecule has 2 aromatic rings. The van der Waals surface area contributed by atoms with E-state index in [1.54, 1.807) is 39.2 Å². The number of fused-ring (bicyclic) bond motifs is 1. The molecule has 0 fully saturated rings. The Labute approximate surface area is 121 Å². The minimum atomic E-state index is -0.662. The number of hydrogen-bond acceptors (Lipinski definition) is 4. The zero-order valence-corrected chi connectivity index (χ0v) is 12.2. The third kappa shape index (κ3) is 2.77. The summed E-state index contributed by atoms with van der Waals surface area (Å²) in [6.07, 6.45) is 0. The predicted molar refractivity (Wildman–Crippen MR) is 74.9 cm³/mol. The molecular weight excluding hydrogens is 282 g/mol. The van der Waals surface area contributed by atoms with E-state index in [2.05, 4.69) is 0 Å². The third-order valence-electron chi connectivity index (χ3n) is 2.91. The van der Waals surface area contributed by atoms with Gasteiger partial charge in [0.05, 0.1) is 0 Å². The molecule has 0 atom stereocenters. The number of carbonyl (C=O) groups excluding carboxylic acids is 2. The molecule has 5 nitrogen and oxygen atoms in total. The normalized spacial score (nSPS) is 10.6. The molecule has 0 N–H and O–H groups in total. The maximum Gasteiger partial charge on any atom is 0.375 e. The topological polar surface area (TPSA) is 59.8 Å². The van der Waals surface area contributed by atoms with Crippen LogP contribution in [0.2, 0.25) is 5.02 Å². The summed E-state index contributed by atoms with van der Waals surface area (Å²) in [7, 11) is 3.18. The SMILES string of the molecule is Cc1c(C(=O)OCC(=O)N(C)C)oc2ccc(Cl)cc12. The molecule has 1 amide bonds. The van der Waals surface area contributed by atoms with E-state index in [9.17, 15) is 9.59 Å². The van der Waals surface area contributed by atoms with Crippen LogP contribution in [0.15, 0.2) is 22.6 Å². The van der Waals surface area contributed by atoms with E-state index in [1.165, 1.54) is 4.90 Å². The highest BCUT2D eigenvalue weighted by Gasteiger charge is 2.20. The number of ether oxygens (including phenoxy) is 1. The largest absolute Gasteiger partial charge is 0.450 e. The molecule has 1 aromatic heterocycles. The van der Waals surface area contributed by atoms with Crippen LogP contribution >= 0.6 is 11.6 Å². The Hall–Kier alpha value is -2.01. The van der Waals surface area contributed by atoms with E-state index in [0.717, 1.165) is 5.39 Å². The molecule has 1 aromatic carbocycles. The zero-order valence-electron chi connectivity index (χ0n) is 11.4. The number of aryl methyl sites for hydroxylation is 1. The second kappa shape index (κ2) is 5.54. The first-order chi connectivity index (χ1) is 9.40. The monoisotopic (exact) mass is 295 g/mol. The van der Waals surface area contributed by atoms with Crippen molar-refractivity contribution in [3.05, 3.63) is 34.5 Å². The number of nitrogens with zero attached hydrogens (tertiary/aromatic N) is 1. The average Bonchev–Trinajstić information content (AvgIpc) is 2.73. The van der Waals surface area contributed by atoms with E-state index in [4.69, 9.17) is 20.8 Å². The van der Waals surface area contributed by atoms with Gasteiger partial charge in [0.1, 0.15) is 5.58 Å². The number of furan rings is 1. The fourth-order valence-electron chi connectivity index (χ4n) is 1.71. The highest BCUT2D eigenvalue weighted by atomic mass is 35.5. The summed E-state index contributed by atoms with van der Waals surface area (Å²) < 4.78 is 10.4. The van der Waals surface area contributed by atoms with E-state index >= 15 is 0 Å². The van der Waals surface area contributed by atoms with Crippen LogP contribution in [-0.4, -0.2) is 37.5 Å². The standard InChI is InChI=1S/C14H14ClNO4/c1-8-10-6-9(15)4-5-11(10)20-13(8)14(18)19-7-12(17)16(2)3/h4-6H,7H2,1-3H3. The molecule has 2 rings (SSSR count). The molecule has 20 heavy (non-hydrogen) atoms. The Kier molecular flexibility index (Phi) is 3.99. The summed E-state index contributed by atoms with van der Waals surface area (Å²) in [5, 5.41) is 1.31. The van der Waals surface area contributed by atoms with Gasteiger partial charge in [-0.1, -0.05) is 11.6 Å². The Bertz CT molecular complexity index is 675. The van der Waals surface area contributed by atoms with Crippen molar-refractivity contribution in [2.45, 2.75) is 6.92 Å². The van der Waals surface area contributed by atoms with Gasteiger partial charge in [-0.2, -0.15) is 0 Å². The lowest BCUT2D eigenvalue weighted by molar-refractivity contribution is -0.132. The first kappa shape index (κ1) is 14.4. The number of benzene rings is 1. The number of rotatable bonds is 3. The molecule has 0 aliphatic carbocycles. The second-order valence-corrected chi connectivity index (χ2v) is 5.00. The van der Waals surface area contributed by atoms with Crippen LogP contribution in [0.25, 0.3) is 11.0 Å². The summed E-state index contributed by atoms with van der Waals surface area (Å²) >= 11 is 5.91. The maximum atomic E-state index is 11.9. The number of esters is 1. The molecule has 0 radical (unpaired) electrons. The van der Waals surface area contributed by atoms with Crippen molar-refractivity contribution in [3.63, 3.8) is 0 Å². The number of likely N-dealkylation sites (N-methyl/N-ethyl adjacent to an activating group) is 1. The molecule has 0 spiro atoms. The van der Waals surface area contributed by atoms with Crippen LogP contribution < -0.4 is 0 Å². The van der Waals surface area contributed by atoms with Gasteiger partial charge in [-0.05, 0) is 25.1 Å². The lowest BCUT2D eigenvalue weighted by Gasteiger charge is -2.09. The zero-order chi connectivity index (χ0) is 14.9. The van der Waals surface area contributed by atoms with Crippen molar-refractivity contribution in [1.29, 1.82) is 0 Å². The van der Waals surface area contributed by atoms with Crippen LogP contribution in [0, 0.1) is 6.92 Å². The van der Waals surface area contributed by atoms with E-state index < -0.39 is 5.97 Å².